The van der Waals surface area contributed by atoms with Crippen molar-refractivity contribution in [2.45, 2.75) is 4.90 Å². The Labute approximate surface area is 111 Å². The van der Waals surface area contributed by atoms with Crippen LogP contribution in [0.1, 0.15) is 5.56 Å². The third-order valence-corrected chi connectivity index (χ3v) is 3.79. The van der Waals surface area contributed by atoms with Crippen LogP contribution >= 0.6 is 0 Å². The zero-order chi connectivity index (χ0) is 13.9. The largest absolute Gasteiger partial charge is 0.508 e. The Bertz CT molecular complexity index is 745. The number of phenols is 1. The van der Waals surface area contributed by atoms with E-state index in [-0.39, 0.29) is 10.6 Å². The molecule has 0 aromatic heterocycles. The van der Waals surface area contributed by atoms with Crippen LogP contribution in [0.15, 0.2) is 53.4 Å². The molecule has 19 heavy (non-hydrogen) atoms. The molecule has 0 heterocycles. The number of aromatic hydroxyl groups is 1. The summed E-state index contributed by atoms with van der Waals surface area (Å²) in [6, 6.07) is 11.9. The molecule has 2 aromatic carbocycles. The molecule has 0 atom stereocenters. The maximum absolute atomic E-state index is 12.1. The molecule has 5 heteroatoms. The van der Waals surface area contributed by atoms with Crippen LogP contribution in [-0.4, -0.2) is 13.5 Å². The van der Waals surface area contributed by atoms with Crippen molar-refractivity contribution in [2.24, 2.45) is 0 Å². The number of terminal acetylenes is 1. The molecule has 0 unspecified atom stereocenters. The first-order valence-electron chi connectivity index (χ1n) is 5.40. The predicted octanol–water partition coefficient (Wildman–Crippen LogP) is 2.17. The third-order valence-electron chi connectivity index (χ3n) is 2.41. The van der Waals surface area contributed by atoms with E-state index in [1.165, 1.54) is 24.3 Å². The lowest BCUT2D eigenvalue weighted by Gasteiger charge is -2.08. The van der Waals surface area contributed by atoms with Gasteiger partial charge >= 0.3 is 0 Å². The average molecular weight is 273 g/mol. The fourth-order valence-electron chi connectivity index (χ4n) is 1.54. The van der Waals surface area contributed by atoms with Crippen LogP contribution in [0, 0.1) is 12.3 Å². The van der Waals surface area contributed by atoms with Crippen LogP contribution in [0.4, 0.5) is 5.69 Å². The highest BCUT2D eigenvalue weighted by Crippen LogP contribution is 2.20. The molecule has 0 fully saturated rings. The minimum absolute atomic E-state index is 0.0152. The van der Waals surface area contributed by atoms with Crippen molar-refractivity contribution in [1.82, 2.24) is 0 Å². The number of hydrogen-bond acceptors (Lipinski definition) is 3. The summed E-state index contributed by atoms with van der Waals surface area (Å²) in [5.41, 5.74) is 0.954. The lowest BCUT2D eigenvalue weighted by atomic mass is 10.2. The molecule has 96 valence electrons. The van der Waals surface area contributed by atoms with Crippen molar-refractivity contribution in [2.75, 3.05) is 4.72 Å². The zero-order valence-electron chi connectivity index (χ0n) is 9.87. The van der Waals surface area contributed by atoms with Gasteiger partial charge in [0.15, 0.2) is 0 Å². The molecule has 0 aliphatic rings. The number of benzene rings is 2. The van der Waals surface area contributed by atoms with Gasteiger partial charge < -0.3 is 5.11 Å². The first kappa shape index (κ1) is 13.0. The first-order valence-corrected chi connectivity index (χ1v) is 6.88. The van der Waals surface area contributed by atoms with Gasteiger partial charge in [0.1, 0.15) is 5.75 Å². The molecule has 2 rings (SSSR count). The quantitative estimate of drug-likeness (QED) is 0.842. The Morgan fingerprint density at radius 2 is 1.84 bits per heavy atom. The van der Waals surface area contributed by atoms with Crippen LogP contribution in [0.3, 0.4) is 0 Å². The topological polar surface area (TPSA) is 66.4 Å². The summed E-state index contributed by atoms with van der Waals surface area (Å²) in [6.07, 6.45) is 5.25. The highest BCUT2D eigenvalue weighted by molar-refractivity contribution is 7.92. The summed E-state index contributed by atoms with van der Waals surface area (Å²) in [4.78, 5) is -0.0152. The van der Waals surface area contributed by atoms with Gasteiger partial charge in [-0.2, -0.15) is 0 Å². The van der Waals surface area contributed by atoms with Crippen molar-refractivity contribution < 1.29 is 13.5 Å². The second-order valence-electron chi connectivity index (χ2n) is 3.83. The second kappa shape index (κ2) is 5.04. The summed E-state index contributed by atoms with van der Waals surface area (Å²) in [6.45, 7) is 0. The lowest BCUT2D eigenvalue weighted by Crippen LogP contribution is -2.12. The molecule has 4 nitrogen and oxygen atoms in total. The van der Waals surface area contributed by atoms with E-state index < -0.39 is 10.0 Å². The van der Waals surface area contributed by atoms with Crippen LogP contribution in [0.2, 0.25) is 0 Å². The lowest BCUT2D eigenvalue weighted by molar-refractivity contribution is 0.473. The molecule has 0 radical (unpaired) electrons. The summed E-state index contributed by atoms with van der Waals surface area (Å²) >= 11 is 0. The minimum atomic E-state index is -3.74. The Morgan fingerprint density at radius 3 is 2.53 bits per heavy atom. The molecule has 0 bridgehead atoms. The van der Waals surface area contributed by atoms with Crippen molar-refractivity contribution in [3.05, 3.63) is 54.1 Å². The van der Waals surface area contributed by atoms with Crippen molar-refractivity contribution in [1.29, 1.82) is 0 Å². The van der Waals surface area contributed by atoms with E-state index in [9.17, 15) is 13.5 Å². The van der Waals surface area contributed by atoms with Crippen molar-refractivity contribution >= 4 is 15.7 Å². The highest BCUT2D eigenvalue weighted by Gasteiger charge is 2.14. The van der Waals surface area contributed by atoms with Gasteiger partial charge in [-0.05, 0) is 30.3 Å². The first-order chi connectivity index (χ1) is 9.01. The molecule has 0 spiro atoms. The van der Waals surface area contributed by atoms with Crippen LogP contribution < -0.4 is 4.72 Å². The number of sulfonamides is 1. The number of nitrogens with one attached hydrogen (secondary N) is 1. The number of phenolic OH excluding ortho intramolecular Hbond substituents is 1. The third kappa shape index (κ3) is 3.06. The summed E-state index contributed by atoms with van der Waals surface area (Å²) in [5.74, 6) is 2.32. The maximum Gasteiger partial charge on any atom is 0.262 e. The number of anilines is 1. The van der Waals surface area contributed by atoms with Crippen LogP contribution in [0.25, 0.3) is 0 Å². The molecule has 0 saturated heterocycles. The van der Waals surface area contributed by atoms with Gasteiger partial charge in [-0.1, -0.05) is 18.1 Å². The molecule has 2 N–H and O–H groups in total. The molecular formula is C14H11NO3S. The van der Waals surface area contributed by atoms with Gasteiger partial charge in [0.05, 0.1) is 10.6 Å². The molecular weight excluding hydrogens is 262 g/mol. The summed E-state index contributed by atoms with van der Waals surface area (Å²) in [5, 5.41) is 9.31. The number of hydrogen-bond donors (Lipinski definition) is 2. The van der Waals surface area contributed by atoms with E-state index in [1.807, 2.05) is 0 Å². The standard InChI is InChI=1S/C14H11NO3S/c1-2-11-5-3-6-12(9-11)15-19(17,18)14-8-4-7-13(16)10-14/h1,3-10,15-16H. The van der Waals surface area contributed by atoms with E-state index in [0.717, 1.165) is 0 Å². The van der Waals surface area contributed by atoms with Gasteiger partial charge in [-0.25, -0.2) is 8.42 Å². The fourth-order valence-corrected chi connectivity index (χ4v) is 2.63. The van der Waals surface area contributed by atoms with E-state index in [0.29, 0.717) is 11.3 Å². The summed E-state index contributed by atoms with van der Waals surface area (Å²) < 4.78 is 26.6. The van der Waals surface area contributed by atoms with Crippen LogP contribution in [-0.2, 0) is 10.0 Å². The van der Waals surface area contributed by atoms with Crippen LogP contribution in [0.5, 0.6) is 5.75 Å². The Morgan fingerprint density at radius 1 is 1.11 bits per heavy atom. The molecule has 0 amide bonds. The smallest absolute Gasteiger partial charge is 0.262 e. The zero-order valence-corrected chi connectivity index (χ0v) is 10.7. The SMILES string of the molecule is C#Cc1cccc(NS(=O)(=O)c2cccc(O)c2)c1. The second-order valence-corrected chi connectivity index (χ2v) is 5.51. The van der Waals surface area contributed by atoms with Gasteiger partial charge in [-0.15, -0.1) is 6.42 Å². The monoisotopic (exact) mass is 273 g/mol. The van der Waals surface area contributed by atoms with Crippen molar-refractivity contribution in [3.8, 4) is 18.1 Å². The van der Waals surface area contributed by atoms with Crippen molar-refractivity contribution in [3.63, 3.8) is 0 Å². The summed E-state index contributed by atoms with van der Waals surface area (Å²) in [7, 11) is -3.74. The Hall–Kier alpha value is -2.45. The normalized spacial score (nSPS) is 10.7. The van der Waals surface area contributed by atoms with Gasteiger partial charge in [-0.3, -0.25) is 4.72 Å². The Kier molecular flexibility index (Phi) is 3.45. The predicted molar refractivity (Wildman–Crippen MR) is 73.3 cm³/mol. The Balaban J connectivity index is 2.34. The van der Waals surface area contributed by atoms with Gasteiger partial charge in [0, 0.05) is 11.6 Å². The molecule has 2 aromatic rings. The maximum atomic E-state index is 12.1. The minimum Gasteiger partial charge on any atom is -0.508 e. The van der Waals surface area contributed by atoms with E-state index >= 15 is 0 Å². The van der Waals surface area contributed by atoms with E-state index in [2.05, 4.69) is 10.6 Å². The molecule has 0 aliphatic carbocycles. The van der Waals surface area contributed by atoms with Gasteiger partial charge in [0.2, 0.25) is 0 Å². The van der Waals surface area contributed by atoms with E-state index in [1.54, 1.807) is 24.3 Å². The molecule has 0 aliphatic heterocycles. The highest BCUT2D eigenvalue weighted by atomic mass is 32.2. The average Bonchev–Trinajstić information content (AvgIpc) is 2.38. The van der Waals surface area contributed by atoms with E-state index in [4.69, 9.17) is 6.42 Å². The fraction of sp³-hybridized carbons (Fsp3) is 0. The molecule has 0 saturated carbocycles. The number of rotatable bonds is 3. The van der Waals surface area contributed by atoms with Gasteiger partial charge in [0.25, 0.3) is 10.0 Å².